The van der Waals surface area contributed by atoms with E-state index in [0.29, 0.717) is 24.5 Å². The molecule has 0 unspecified atom stereocenters. The van der Waals surface area contributed by atoms with Gasteiger partial charge in [-0.2, -0.15) is 0 Å². The van der Waals surface area contributed by atoms with Gasteiger partial charge in [0.1, 0.15) is 17.2 Å². The molecular weight excluding hydrogens is 418 g/mol. The summed E-state index contributed by atoms with van der Waals surface area (Å²) in [4.78, 5) is 15.3. The quantitative estimate of drug-likeness (QED) is 0.649. The molecule has 1 aliphatic heterocycles. The Morgan fingerprint density at radius 3 is 2.42 bits per heavy atom. The molecule has 1 saturated heterocycles. The van der Waals surface area contributed by atoms with Gasteiger partial charge in [-0.15, -0.1) is 0 Å². The highest BCUT2D eigenvalue weighted by Gasteiger charge is 2.50. The summed E-state index contributed by atoms with van der Waals surface area (Å²) in [5.74, 6) is 2.04. The van der Waals surface area contributed by atoms with Crippen molar-refractivity contribution in [3.63, 3.8) is 0 Å². The van der Waals surface area contributed by atoms with Gasteiger partial charge in [0.05, 0.1) is 33.0 Å². The molecule has 2 fully saturated rings. The number of likely N-dealkylation sites (tertiary alicyclic amines) is 1. The van der Waals surface area contributed by atoms with E-state index in [2.05, 4.69) is 0 Å². The van der Waals surface area contributed by atoms with Crippen LogP contribution in [0.4, 0.5) is 0 Å². The zero-order valence-electron chi connectivity index (χ0n) is 19.6. The smallest absolute Gasteiger partial charge is 0.247 e. The number of hydrogen-bond donors (Lipinski definition) is 1. The van der Waals surface area contributed by atoms with Crippen molar-refractivity contribution < 1.29 is 24.1 Å². The second-order valence-corrected chi connectivity index (χ2v) is 8.90. The van der Waals surface area contributed by atoms with E-state index in [1.54, 1.807) is 27.4 Å². The van der Waals surface area contributed by atoms with Crippen LogP contribution in [-0.2, 0) is 4.79 Å². The van der Waals surface area contributed by atoms with E-state index < -0.39 is 5.60 Å². The van der Waals surface area contributed by atoms with Crippen molar-refractivity contribution in [2.75, 3.05) is 27.9 Å². The van der Waals surface area contributed by atoms with Gasteiger partial charge in [0, 0.05) is 30.2 Å². The maximum Gasteiger partial charge on any atom is 0.247 e. The fraction of sp³-hybridized carbons (Fsp3) is 0.444. The third-order valence-corrected chi connectivity index (χ3v) is 7.14. The van der Waals surface area contributed by atoms with Crippen LogP contribution >= 0.6 is 0 Å². The number of hydrogen-bond acceptors (Lipinski definition) is 5. The van der Waals surface area contributed by atoms with E-state index in [1.165, 1.54) is 0 Å². The molecule has 3 atom stereocenters. The molecule has 1 amide bonds. The Kier molecular flexibility index (Phi) is 6.94. The van der Waals surface area contributed by atoms with Gasteiger partial charge in [0.2, 0.25) is 5.91 Å². The molecule has 2 aliphatic rings. The number of nitrogens with zero attached hydrogens (tertiary/aromatic N) is 1. The van der Waals surface area contributed by atoms with Crippen molar-refractivity contribution in [3.05, 3.63) is 59.7 Å². The number of amides is 1. The molecule has 6 nitrogen and oxygen atoms in total. The fourth-order valence-corrected chi connectivity index (χ4v) is 5.35. The van der Waals surface area contributed by atoms with Gasteiger partial charge >= 0.3 is 0 Å². The molecule has 0 bridgehead atoms. The standard InChI is InChI=1S/C27H33NO5/c1-31-20-10-7-19(8-11-20)9-14-25(29)28-17-16-27(30)15-5-4-6-23(27)26(28)22-13-12-21(32-2)18-24(22)33-3/h7-14,18,23,26,30H,4-6,15-17H2,1-3H3/b14-9+/t23-,26-,27-/m0/s1. The van der Waals surface area contributed by atoms with Crippen LogP contribution in [0.3, 0.4) is 0 Å². The lowest BCUT2D eigenvalue weighted by molar-refractivity contribution is -0.151. The number of ether oxygens (including phenoxy) is 3. The van der Waals surface area contributed by atoms with Crippen LogP contribution in [0.25, 0.3) is 6.08 Å². The third-order valence-electron chi connectivity index (χ3n) is 7.14. The number of carbonyl (C=O) groups excluding carboxylic acids is 1. The van der Waals surface area contributed by atoms with Gasteiger partial charge in [0.15, 0.2) is 0 Å². The maximum atomic E-state index is 13.4. The van der Waals surface area contributed by atoms with Gasteiger partial charge in [-0.1, -0.05) is 25.0 Å². The lowest BCUT2D eigenvalue weighted by Gasteiger charge is -2.52. The van der Waals surface area contributed by atoms with E-state index in [4.69, 9.17) is 14.2 Å². The van der Waals surface area contributed by atoms with Crippen molar-refractivity contribution in [2.24, 2.45) is 5.92 Å². The molecule has 1 saturated carbocycles. The van der Waals surface area contributed by atoms with Gasteiger partial charge < -0.3 is 24.2 Å². The van der Waals surface area contributed by atoms with E-state index in [-0.39, 0.29) is 17.9 Å². The predicted molar refractivity (Wildman–Crippen MR) is 128 cm³/mol. The number of carbonyl (C=O) groups is 1. The zero-order valence-corrected chi connectivity index (χ0v) is 19.6. The van der Waals surface area contributed by atoms with Gasteiger partial charge in [-0.3, -0.25) is 4.79 Å². The fourth-order valence-electron chi connectivity index (χ4n) is 5.35. The molecule has 6 heteroatoms. The van der Waals surface area contributed by atoms with Crippen molar-refractivity contribution in [1.82, 2.24) is 4.90 Å². The molecule has 1 N–H and O–H groups in total. The second kappa shape index (κ2) is 9.87. The van der Waals surface area contributed by atoms with Crippen molar-refractivity contribution >= 4 is 12.0 Å². The predicted octanol–water partition coefficient (Wildman–Crippen LogP) is 4.62. The summed E-state index contributed by atoms with van der Waals surface area (Å²) in [6.07, 6.45) is 7.76. The Balaban J connectivity index is 1.68. The summed E-state index contributed by atoms with van der Waals surface area (Å²) in [5, 5.41) is 11.5. The highest BCUT2D eigenvalue weighted by atomic mass is 16.5. The Bertz CT molecular complexity index is 1000. The summed E-state index contributed by atoms with van der Waals surface area (Å²) in [7, 11) is 4.88. The summed E-state index contributed by atoms with van der Waals surface area (Å²) in [6, 6.07) is 13.0. The first-order chi connectivity index (χ1) is 16.0. The molecule has 2 aromatic rings. The van der Waals surface area contributed by atoms with Gasteiger partial charge in [0.25, 0.3) is 0 Å². The molecule has 1 aliphatic carbocycles. The average molecular weight is 452 g/mol. The Morgan fingerprint density at radius 1 is 1.00 bits per heavy atom. The number of fused-ring (bicyclic) bond motifs is 1. The van der Waals surface area contributed by atoms with Crippen molar-refractivity contribution in [3.8, 4) is 17.2 Å². The largest absolute Gasteiger partial charge is 0.497 e. The van der Waals surface area contributed by atoms with Crippen LogP contribution in [0.15, 0.2) is 48.5 Å². The van der Waals surface area contributed by atoms with E-state index >= 15 is 0 Å². The van der Waals surface area contributed by atoms with Gasteiger partial charge in [-0.25, -0.2) is 0 Å². The van der Waals surface area contributed by atoms with E-state index in [0.717, 1.165) is 42.6 Å². The lowest BCUT2D eigenvalue weighted by Crippen LogP contribution is -2.56. The molecule has 0 aromatic heterocycles. The summed E-state index contributed by atoms with van der Waals surface area (Å²) in [6.45, 7) is 0.499. The van der Waals surface area contributed by atoms with Crippen LogP contribution in [0.1, 0.15) is 49.3 Å². The molecule has 1 heterocycles. The van der Waals surface area contributed by atoms with Crippen LogP contribution in [0.2, 0.25) is 0 Å². The third kappa shape index (κ3) is 4.71. The molecule has 33 heavy (non-hydrogen) atoms. The number of piperidine rings is 1. The second-order valence-electron chi connectivity index (χ2n) is 8.90. The highest BCUT2D eigenvalue weighted by Crippen LogP contribution is 2.51. The topological polar surface area (TPSA) is 68.2 Å². The minimum atomic E-state index is -0.760. The van der Waals surface area contributed by atoms with Crippen molar-refractivity contribution in [2.45, 2.75) is 43.7 Å². The maximum absolute atomic E-state index is 13.4. The van der Waals surface area contributed by atoms with Crippen LogP contribution in [0.5, 0.6) is 17.2 Å². The van der Waals surface area contributed by atoms with Crippen LogP contribution in [-0.4, -0.2) is 49.4 Å². The summed E-state index contributed by atoms with van der Waals surface area (Å²) in [5.41, 5.74) is 1.08. The molecule has 4 rings (SSSR count). The first-order valence-corrected chi connectivity index (χ1v) is 11.6. The molecule has 0 spiro atoms. The SMILES string of the molecule is COc1ccc(/C=C/C(=O)N2CC[C@@]3(O)CCCC[C@H]3[C@@H]2c2ccc(OC)cc2OC)cc1. The lowest BCUT2D eigenvalue weighted by atomic mass is 9.66. The molecule has 176 valence electrons. The molecular formula is C27H33NO5. The number of methoxy groups -OCH3 is 3. The first kappa shape index (κ1) is 23.2. The normalized spacial score (nSPS) is 24.9. The zero-order chi connectivity index (χ0) is 23.4. The first-order valence-electron chi connectivity index (χ1n) is 11.6. The molecule has 0 radical (unpaired) electrons. The minimum Gasteiger partial charge on any atom is -0.497 e. The molecule has 2 aromatic carbocycles. The Labute approximate surface area is 195 Å². The van der Waals surface area contributed by atoms with E-state index in [1.807, 2.05) is 53.4 Å². The van der Waals surface area contributed by atoms with Crippen LogP contribution in [0, 0.1) is 5.92 Å². The average Bonchev–Trinajstić information content (AvgIpc) is 2.86. The minimum absolute atomic E-state index is 0.0411. The summed E-state index contributed by atoms with van der Waals surface area (Å²) < 4.78 is 16.3. The monoisotopic (exact) mass is 451 g/mol. The number of rotatable bonds is 6. The Morgan fingerprint density at radius 2 is 1.73 bits per heavy atom. The number of benzene rings is 2. The van der Waals surface area contributed by atoms with Crippen LogP contribution < -0.4 is 14.2 Å². The van der Waals surface area contributed by atoms with E-state index in [9.17, 15) is 9.90 Å². The van der Waals surface area contributed by atoms with Gasteiger partial charge in [-0.05, 0) is 55.2 Å². The summed E-state index contributed by atoms with van der Waals surface area (Å²) >= 11 is 0. The highest BCUT2D eigenvalue weighted by molar-refractivity contribution is 5.92. The van der Waals surface area contributed by atoms with Crippen molar-refractivity contribution in [1.29, 1.82) is 0 Å². The number of aliphatic hydroxyl groups is 1. The Hall–Kier alpha value is -2.99.